The van der Waals surface area contributed by atoms with Gasteiger partial charge in [0.25, 0.3) is 5.91 Å². The number of nitrogens with one attached hydrogen (secondary N) is 1. The molecule has 1 aromatic rings. The Morgan fingerprint density at radius 2 is 2.00 bits per heavy atom. The van der Waals surface area contributed by atoms with Gasteiger partial charge in [-0.2, -0.15) is 0 Å². The van der Waals surface area contributed by atoms with Crippen molar-refractivity contribution in [2.45, 2.75) is 19.9 Å². The second-order valence-corrected chi connectivity index (χ2v) is 4.81. The molecule has 3 amide bonds. The monoisotopic (exact) mass is 283 g/mol. The van der Waals surface area contributed by atoms with E-state index < -0.39 is 11.8 Å². The topological polar surface area (TPSA) is 71.4 Å². The summed E-state index contributed by atoms with van der Waals surface area (Å²) < 4.78 is 1.74. The van der Waals surface area contributed by atoms with Gasteiger partial charge in [0.1, 0.15) is 18.8 Å². The van der Waals surface area contributed by atoms with Crippen LogP contribution in [0.1, 0.15) is 23.8 Å². The van der Waals surface area contributed by atoms with E-state index in [0.29, 0.717) is 17.3 Å². The highest BCUT2D eigenvalue weighted by Gasteiger charge is 2.28. The minimum absolute atomic E-state index is 0.112. The zero-order valence-electron chi connectivity index (χ0n) is 10.5. The molecule has 0 atom stereocenters. The maximum atomic E-state index is 12.3. The van der Waals surface area contributed by atoms with E-state index in [1.165, 1.54) is 4.90 Å². The van der Waals surface area contributed by atoms with Crippen LogP contribution in [0.4, 0.5) is 0 Å². The number of aromatic nitrogens is 1. The van der Waals surface area contributed by atoms with Gasteiger partial charge in [0, 0.05) is 12.7 Å². The predicted octanol–water partition coefficient (Wildman–Crippen LogP) is 0.650. The summed E-state index contributed by atoms with van der Waals surface area (Å²) in [6.45, 7) is 2.42. The molecule has 6 nitrogen and oxygen atoms in total. The minimum Gasteiger partial charge on any atom is -0.342 e. The molecule has 1 N–H and O–H groups in total. The van der Waals surface area contributed by atoms with Crippen LogP contribution in [0.3, 0.4) is 0 Å². The van der Waals surface area contributed by atoms with Gasteiger partial charge in [-0.15, -0.1) is 0 Å². The molecule has 0 bridgehead atoms. The highest BCUT2D eigenvalue weighted by molar-refractivity contribution is 6.31. The summed E-state index contributed by atoms with van der Waals surface area (Å²) in [5.74, 6) is -1.29. The van der Waals surface area contributed by atoms with Gasteiger partial charge in [0.2, 0.25) is 11.8 Å². The van der Waals surface area contributed by atoms with Crippen molar-refractivity contribution in [3.63, 3.8) is 0 Å². The molecule has 0 radical (unpaired) electrons. The van der Waals surface area contributed by atoms with Crippen molar-refractivity contribution < 1.29 is 14.4 Å². The fourth-order valence-corrected chi connectivity index (χ4v) is 2.24. The summed E-state index contributed by atoms with van der Waals surface area (Å²) in [5.41, 5.74) is 0.398. The quantitative estimate of drug-likeness (QED) is 0.828. The molecule has 102 valence electrons. The number of hydrogen-bond donors (Lipinski definition) is 1. The van der Waals surface area contributed by atoms with Crippen molar-refractivity contribution >= 4 is 29.3 Å². The van der Waals surface area contributed by atoms with E-state index in [1.807, 2.05) is 6.92 Å². The van der Waals surface area contributed by atoms with E-state index in [1.54, 1.807) is 16.8 Å². The Morgan fingerprint density at radius 1 is 1.37 bits per heavy atom. The Bertz CT molecular complexity index is 522. The van der Waals surface area contributed by atoms with Gasteiger partial charge in [-0.1, -0.05) is 18.5 Å². The second kappa shape index (κ2) is 5.44. The van der Waals surface area contributed by atoms with Crippen LogP contribution in [0.15, 0.2) is 12.3 Å². The SMILES string of the molecule is CCCn1cc(Cl)cc1C(=O)N1CC(=O)NC(=O)C1. The summed E-state index contributed by atoms with van der Waals surface area (Å²) in [6, 6.07) is 1.55. The predicted molar refractivity (Wildman–Crippen MR) is 68.8 cm³/mol. The van der Waals surface area contributed by atoms with Crippen LogP contribution < -0.4 is 5.32 Å². The first-order valence-corrected chi connectivity index (χ1v) is 6.36. The van der Waals surface area contributed by atoms with E-state index in [4.69, 9.17) is 11.6 Å². The summed E-state index contributed by atoms with van der Waals surface area (Å²) in [6.07, 6.45) is 2.52. The normalized spacial score (nSPS) is 15.6. The Morgan fingerprint density at radius 3 is 2.58 bits per heavy atom. The molecule has 2 heterocycles. The molecule has 0 aromatic carbocycles. The lowest BCUT2D eigenvalue weighted by Crippen LogP contribution is -2.53. The van der Waals surface area contributed by atoms with Crippen LogP contribution in [0.5, 0.6) is 0 Å². The summed E-state index contributed by atoms with van der Waals surface area (Å²) in [7, 11) is 0. The summed E-state index contributed by atoms with van der Waals surface area (Å²) in [5, 5.41) is 2.62. The molecule has 19 heavy (non-hydrogen) atoms. The number of hydrogen-bond acceptors (Lipinski definition) is 3. The molecule has 0 saturated carbocycles. The highest BCUT2D eigenvalue weighted by atomic mass is 35.5. The molecule has 7 heteroatoms. The van der Waals surface area contributed by atoms with E-state index in [0.717, 1.165) is 6.42 Å². The number of piperazine rings is 1. The Labute approximate surface area is 115 Å². The number of aryl methyl sites for hydroxylation is 1. The first-order valence-electron chi connectivity index (χ1n) is 5.99. The van der Waals surface area contributed by atoms with Crippen LogP contribution >= 0.6 is 11.6 Å². The van der Waals surface area contributed by atoms with Crippen LogP contribution in [0, 0.1) is 0 Å². The van der Waals surface area contributed by atoms with Crippen LogP contribution in [0.2, 0.25) is 5.02 Å². The third-order valence-electron chi connectivity index (χ3n) is 2.78. The zero-order chi connectivity index (χ0) is 14.0. The Kier molecular flexibility index (Phi) is 3.90. The molecule has 1 saturated heterocycles. The van der Waals surface area contributed by atoms with Gasteiger partial charge in [-0.05, 0) is 12.5 Å². The van der Waals surface area contributed by atoms with E-state index >= 15 is 0 Å². The highest BCUT2D eigenvalue weighted by Crippen LogP contribution is 2.17. The number of carbonyl (C=O) groups excluding carboxylic acids is 3. The standard InChI is InChI=1S/C12H14ClN3O3/c1-2-3-15-5-8(13)4-9(15)12(19)16-6-10(17)14-11(18)7-16/h4-5H,2-3,6-7H2,1H3,(H,14,17,18). The first kappa shape index (κ1) is 13.6. The maximum absolute atomic E-state index is 12.3. The van der Waals surface area contributed by atoms with Crippen LogP contribution in [-0.2, 0) is 16.1 Å². The molecule has 1 fully saturated rings. The van der Waals surface area contributed by atoms with Crippen molar-refractivity contribution in [1.29, 1.82) is 0 Å². The van der Waals surface area contributed by atoms with Gasteiger partial charge in [0.15, 0.2) is 0 Å². The number of imide groups is 1. The smallest absolute Gasteiger partial charge is 0.271 e. The molecule has 0 spiro atoms. The number of amides is 3. The number of carbonyl (C=O) groups is 3. The van der Waals surface area contributed by atoms with Crippen molar-refractivity contribution in [3.8, 4) is 0 Å². The Balaban J connectivity index is 2.23. The van der Waals surface area contributed by atoms with Gasteiger partial charge in [0.05, 0.1) is 5.02 Å². The van der Waals surface area contributed by atoms with Crippen molar-refractivity contribution in [2.24, 2.45) is 0 Å². The molecule has 0 unspecified atom stereocenters. The fraction of sp³-hybridized carbons (Fsp3) is 0.417. The second-order valence-electron chi connectivity index (χ2n) is 4.37. The lowest BCUT2D eigenvalue weighted by molar-refractivity contribution is -0.135. The third-order valence-corrected chi connectivity index (χ3v) is 2.99. The van der Waals surface area contributed by atoms with Crippen molar-refractivity contribution in [1.82, 2.24) is 14.8 Å². The first-order chi connectivity index (χ1) is 9.01. The summed E-state index contributed by atoms with van der Waals surface area (Å²) >= 11 is 5.90. The average Bonchev–Trinajstić information content (AvgIpc) is 2.68. The molecule has 1 aliphatic heterocycles. The van der Waals surface area contributed by atoms with E-state index in [9.17, 15) is 14.4 Å². The van der Waals surface area contributed by atoms with Gasteiger partial charge < -0.3 is 9.47 Å². The number of rotatable bonds is 3. The maximum Gasteiger partial charge on any atom is 0.271 e. The molecular weight excluding hydrogens is 270 g/mol. The largest absolute Gasteiger partial charge is 0.342 e. The minimum atomic E-state index is -0.468. The van der Waals surface area contributed by atoms with E-state index in [-0.39, 0.29) is 19.0 Å². The van der Waals surface area contributed by atoms with Gasteiger partial charge >= 0.3 is 0 Å². The molecule has 0 aliphatic carbocycles. The lowest BCUT2D eigenvalue weighted by Gasteiger charge is -2.25. The number of halogens is 1. The van der Waals surface area contributed by atoms with E-state index in [2.05, 4.69) is 5.32 Å². The fourth-order valence-electron chi connectivity index (χ4n) is 2.02. The Hall–Kier alpha value is -1.82. The molecule has 2 rings (SSSR count). The molecule has 1 aliphatic rings. The van der Waals surface area contributed by atoms with Gasteiger partial charge in [-0.25, -0.2) is 0 Å². The molecular formula is C12H14ClN3O3. The van der Waals surface area contributed by atoms with Crippen molar-refractivity contribution in [3.05, 3.63) is 23.0 Å². The third kappa shape index (κ3) is 2.96. The average molecular weight is 284 g/mol. The lowest BCUT2D eigenvalue weighted by atomic mass is 10.3. The zero-order valence-corrected chi connectivity index (χ0v) is 11.2. The molecule has 1 aromatic heterocycles. The van der Waals surface area contributed by atoms with Gasteiger partial charge in [-0.3, -0.25) is 19.7 Å². The summed E-state index contributed by atoms with van der Waals surface area (Å²) in [4.78, 5) is 36.1. The van der Waals surface area contributed by atoms with Crippen molar-refractivity contribution in [2.75, 3.05) is 13.1 Å². The van der Waals surface area contributed by atoms with Crippen LogP contribution in [0.25, 0.3) is 0 Å². The number of nitrogens with zero attached hydrogens (tertiary/aromatic N) is 2. The van der Waals surface area contributed by atoms with Crippen LogP contribution in [-0.4, -0.2) is 40.3 Å².